The monoisotopic (exact) mass is 318 g/mol. The Morgan fingerprint density at radius 1 is 1.48 bits per heavy atom. The lowest BCUT2D eigenvalue weighted by Crippen LogP contribution is -2.51. The summed E-state index contributed by atoms with van der Waals surface area (Å²) in [7, 11) is -2.72. The number of ether oxygens (including phenoxy) is 1. The van der Waals surface area contributed by atoms with Gasteiger partial charge < -0.3 is 14.9 Å². The number of sulfonamides is 1. The van der Waals surface area contributed by atoms with Crippen LogP contribution in [-0.2, 0) is 14.8 Å². The van der Waals surface area contributed by atoms with E-state index in [1.54, 1.807) is 6.92 Å². The molecule has 0 saturated heterocycles. The molecular weight excluding hydrogens is 296 g/mol. The summed E-state index contributed by atoms with van der Waals surface area (Å²) in [6.45, 7) is 5.83. The highest BCUT2D eigenvalue weighted by atomic mass is 32.2. The molecule has 1 heterocycles. The summed E-state index contributed by atoms with van der Waals surface area (Å²) < 4.78 is 36.6. The van der Waals surface area contributed by atoms with Crippen LogP contribution in [0.2, 0.25) is 0 Å². The third kappa shape index (κ3) is 4.55. The second kappa shape index (κ2) is 6.59. The van der Waals surface area contributed by atoms with Crippen molar-refractivity contribution in [3.8, 4) is 0 Å². The van der Waals surface area contributed by atoms with Gasteiger partial charge in [0.25, 0.3) is 10.0 Å². The lowest BCUT2D eigenvalue weighted by atomic mass is 9.92. The number of nitrogens with two attached hydrogens (primary N) is 1. The number of esters is 1. The summed E-state index contributed by atoms with van der Waals surface area (Å²) in [6, 6.07) is 2.46. The van der Waals surface area contributed by atoms with Gasteiger partial charge in [0.2, 0.25) is 10.9 Å². The second-order valence-corrected chi connectivity index (χ2v) is 7.19. The van der Waals surface area contributed by atoms with Gasteiger partial charge >= 0.3 is 5.97 Å². The SMILES string of the molecule is COC(=O)c1ccc(S(=O)(=O)NC(C)(CN)CC(C)C)o1. The number of hydrogen-bond donors (Lipinski definition) is 2. The third-order valence-electron chi connectivity index (χ3n) is 2.92. The van der Waals surface area contributed by atoms with Crippen LogP contribution in [0.5, 0.6) is 0 Å². The van der Waals surface area contributed by atoms with Crippen LogP contribution in [0, 0.1) is 5.92 Å². The van der Waals surface area contributed by atoms with Gasteiger partial charge in [-0.3, -0.25) is 0 Å². The first kappa shape index (κ1) is 17.7. The number of carbonyl (C=O) groups excluding carboxylic acids is 1. The molecular formula is C13H22N2O5S. The molecule has 1 aromatic rings. The minimum Gasteiger partial charge on any atom is -0.463 e. The summed E-state index contributed by atoms with van der Waals surface area (Å²) in [6.07, 6.45) is 0.577. The molecule has 1 aromatic heterocycles. The van der Waals surface area contributed by atoms with E-state index in [2.05, 4.69) is 9.46 Å². The molecule has 0 bridgehead atoms. The molecule has 0 aliphatic carbocycles. The Morgan fingerprint density at radius 3 is 2.57 bits per heavy atom. The highest BCUT2D eigenvalue weighted by Crippen LogP contribution is 2.21. The fourth-order valence-corrected chi connectivity index (χ4v) is 3.48. The molecule has 8 heteroatoms. The summed E-state index contributed by atoms with van der Waals surface area (Å²) in [5.74, 6) is -0.639. The van der Waals surface area contributed by atoms with Crippen molar-refractivity contribution in [3.63, 3.8) is 0 Å². The minimum atomic E-state index is -3.90. The Bertz CT molecular complexity index is 593. The van der Waals surface area contributed by atoms with Crippen molar-refractivity contribution in [1.29, 1.82) is 0 Å². The molecule has 7 nitrogen and oxygen atoms in total. The normalized spacial score (nSPS) is 15.0. The van der Waals surface area contributed by atoms with Crippen LogP contribution < -0.4 is 10.5 Å². The van der Waals surface area contributed by atoms with E-state index >= 15 is 0 Å². The van der Waals surface area contributed by atoms with Gasteiger partial charge in [-0.25, -0.2) is 17.9 Å². The molecule has 1 rings (SSSR count). The predicted octanol–water partition coefficient (Wildman–Crippen LogP) is 1.11. The van der Waals surface area contributed by atoms with Crippen molar-refractivity contribution in [3.05, 3.63) is 17.9 Å². The molecule has 0 fully saturated rings. The first-order valence-corrected chi connectivity index (χ1v) is 8.04. The van der Waals surface area contributed by atoms with E-state index in [1.807, 2.05) is 13.8 Å². The van der Waals surface area contributed by atoms with Gasteiger partial charge in [0.1, 0.15) is 0 Å². The molecule has 0 aliphatic rings. The van der Waals surface area contributed by atoms with Crippen LogP contribution in [0.1, 0.15) is 37.7 Å². The standard InChI is InChI=1S/C13H22N2O5S/c1-9(2)7-13(3,8-14)15-21(17,18)11-6-5-10(20-11)12(16)19-4/h5-6,9,15H,7-8,14H2,1-4H3. The average Bonchev–Trinajstić information content (AvgIpc) is 2.86. The van der Waals surface area contributed by atoms with Crippen molar-refractivity contribution < 1.29 is 22.4 Å². The maximum absolute atomic E-state index is 12.3. The van der Waals surface area contributed by atoms with Crippen molar-refractivity contribution in [2.45, 2.75) is 37.8 Å². The van der Waals surface area contributed by atoms with Crippen LogP contribution in [0.4, 0.5) is 0 Å². The summed E-state index contributed by atoms with van der Waals surface area (Å²) in [5, 5.41) is -0.341. The summed E-state index contributed by atoms with van der Waals surface area (Å²) >= 11 is 0. The van der Waals surface area contributed by atoms with Gasteiger partial charge in [-0.15, -0.1) is 0 Å². The Balaban J connectivity index is 3.00. The van der Waals surface area contributed by atoms with E-state index in [0.717, 1.165) is 0 Å². The zero-order valence-electron chi connectivity index (χ0n) is 12.7. The second-order valence-electron chi connectivity index (χ2n) is 5.58. The minimum absolute atomic E-state index is 0.148. The highest BCUT2D eigenvalue weighted by Gasteiger charge is 2.32. The quantitative estimate of drug-likeness (QED) is 0.728. The number of furan rings is 1. The van der Waals surface area contributed by atoms with E-state index in [4.69, 9.17) is 10.2 Å². The Hall–Kier alpha value is -1.38. The van der Waals surface area contributed by atoms with E-state index in [1.165, 1.54) is 19.2 Å². The van der Waals surface area contributed by atoms with E-state index in [-0.39, 0.29) is 23.3 Å². The van der Waals surface area contributed by atoms with Gasteiger partial charge in [0.15, 0.2) is 0 Å². The topological polar surface area (TPSA) is 112 Å². The van der Waals surface area contributed by atoms with Crippen LogP contribution >= 0.6 is 0 Å². The smallest absolute Gasteiger partial charge is 0.374 e. The van der Waals surface area contributed by atoms with Gasteiger partial charge in [-0.05, 0) is 31.4 Å². The molecule has 120 valence electrons. The Labute approximate surface area is 124 Å². The van der Waals surface area contributed by atoms with Gasteiger partial charge in [0, 0.05) is 12.1 Å². The summed E-state index contributed by atoms with van der Waals surface area (Å²) in [4.78, 5) is 11.3. The molecule has 0 aliphatic heterocycles. The predicted molar refractivity (Wildman–Crippen MR) is 77.3 cm³/mol. The third-order valence-corrected chi connectivity index (χ3v) is 4.43. The molecule has 1 unspecified atom stereocenters. The molecule has 0 saturated carbocycles. The van der Waals surface area contributed by atoms with Crippen molar-refractivity contribution in [1.82, 2.24) is 4.72 Å². The zero-order valence-corrected chi connectivity index (χ0v) is 13.5. The Kier molecular flexibility index (Phi) is 5.54. The fraction of sp³-hybridized carbons (Fsp3) is 0.615. The molecule has 1 atom stereocenters. The molecule has 0 radical (unpaired) electrons. The van der Waals surface area contributed by atoms with Gasteiger partial charge in [0.05, 0.1) is 7.11 Å². The lowest BCUT2D eigenvalue weighted by molar-refractivity contribution is 0.0559. The summed E-state index contributed by atoms with van der Waals surface area (Å²) in [5.41, 5.74) is 4.90. The lowest BCUT2D eigenvalue weighted by Gasteiger charge is -2.30. The molecule has 0 aromatic carbocycles. The van der Waals surface area contributed by atoms with Gasteiger partial charge in [-0.1, -0.05) is 13.8 Å². The first-order chi connectivity index (χ1) is 9.63. The van der Waals surface area contributed by atoms with E-state index in [9.17, 15) is 13.2 Å². The number of rotatable bonds is 7. The first-order valence-electron chi connectivity index (χ1n) is 6.56. The fourth-order valence-electron chi connectivity index (χ4n) is 2.12. The maximum Gasteiger partial charge on any atom is 0.374 e. The van der Waals surface area contributed by atoms with Crippen LogP contribution in [0.3, 0.4) is 0 Å². The number of nitrogens with one attached hydrogen (secondary N) is 1. The van der Waals surface area contributed by atoms with E-state index < -0.39 is 21.5 Å². The van der Waals surface area contributed by atoms with Gasteiger partial charge in [-0.2, -0.15) is 0 Å². The van der Waals surface area contributed by atoms with Crippen LogP contribution in [0.15, 0.2) is 21.6 Å². The van der Waals surface area contributed by atoms with Crippen molar-refractivity contribution >= 4 is 16.0 Å². The maximum atomic E-state index is 12.3. The number of methoxy groups -OCH3 is 1. The molecule has 21 heavy (non-hydrogen) atoms. The number of carbonyl (C=O) groups is 1. The molecule has 3 N–H and O–H groups in total. The molecule has 0 amide bonds. The van der Waals surface area contributed by atoms with Crippen LogP contribution in [-0.4, -0.2) is 33.6 Å². The highest BCUT2D eigenvalue weighted by molar-refractivity contribution is 7.89. The number of hydrogen-bond acceptors (Lipinski definition) is 6. The molecule has 0 spiro atoms. The van der Waals surface area contributed by atoms with Crippen molar-refractivity contribution in [2.24, 2.45) is 11.7 Å². The largest absolute Gasteiger partial charge is 0.463 e. The van der Waals surface area contributed by atoms with E-state index in [0.29, 0.717) is 6.42 Å². The average molecular weight is 318 g/mol. The zero-order chi connectivity index (χ0) is 16.3. The van der Waals surface area contributed by atoms with Crippen LogP contribution in [0.25, 0.3) is 0 Å². The Morgan fingerprint density at radius 2 is 2.10 bits per heavy atom. The van der Waals surface area contributed by atoms with Crippen molar-refractivity contribution in [2.75, 3.05) is 13.7 Å².